The van der Waals surface area contributed by atoms with Crippen molar-refractivity contribution in [3.63, 3.8) is 0 Å². The number of carbonyl (C=O) groups is 2. The Morgan fingerprint density at radius 3 is 2.52 bits per heavy atom. The fourth-order valence-electron chi connectivity index (χ4n) is 3.27. The number of urea groups is 1. The molecule has 1 aliphatic carbocycles. The summed E-state index contributed by atoms with van der Waals surface area (Å²) in [6.07, 6.45) is 4.60. The molecule has 136 valence electrons. The second kappa shape index (κ2) is 7.68. The number of nitrogens with zero attached hydrogens (tertiary/aromatic N) is 2. The van der Waals surface area contributed by atoms with Crippen molar-refractivity contribution in [3.05, 3.63) is 29.8 Å². The molecular formula is C19H27N3O2S. The van der Waals surface area contributed by atoms with Crippen LogP contribution in [0.25, 0.3) is 0 Å². The fraction of sp³-hybridized carbons (Fsp3) is 0.579. The van der Waals surface area contributed by atoms with Crippen LogP contribution in [0.3, 0.4) is 0 Å². The Hall–Kier alpha value is -1.69. The van der Waals surface area contributed by atoms with Crippen molar-refractivity contribution in [2.24, 2.45) is 0 Å². The molecule has 1 N–H and O–H groups in total. The third kappa shape index (κ3) is 4.48. The van der Waals surface area contributed by atoms with E-state index in [2.05, 4.69) is 35.8 Å². The van der Waals surface area contributed by atoms with Gasteiger partial charge in [0, 0.05) is 36.5 Å². The molecule has 1 saturated carbocycles. The van der Waals surface area contributed by atoms with E-state index in [0.29, 0.717) is 25.6 Å². The molecule has 1 aliphatic heterocycles. The second-order valence-electron chi connectivity index (χ2n) is 7.20. The predicted molar refractivity (Wildman–Crippen MR) is 101 cm³/mol. The van der Waals surface area contributed by atoms with Gasteiger partial charge in [-0.25, -0.2) is 4.79 Å². The van der Waals surface area contributed by atoms with Crippen LogP contribution in [0.2, 0.25) is 0 Å². The summed E-state index contributed by atoms with van der Waals surface area (Å²) < 4.78 is 0. The van der Waals surface area contributed by atoms with Crippen LogP contribution in [0.15, 0.2) is 29.2 Å². The smallest absolute Gasteiger partial charge is 0.318 e. The van der Waals surface area contributed by atoms with E-state index >= 15 is 0 Å². The van der Waals surface area contributed by atoms with E-state index in [1.807, 2.05) is 23.6 Å². The van der Waals surface area contributed by atoms with Crippen molar-refractivity contribution in [2.75, 3.05) is 12.8 Å². The molecule has 1 aromatic carbocycles. The molecule has 0 radical (unpaired) electrons. The molecule has 3 rings (SSSR count). The third-order valence-electron chi connectivity index (χ3n) is 4.87. The number of likely N-dealkylation sites (tertiary alicyclic amines) is 1. The van der Waals surface area contributed by atoms with Gasteiger partial charge in [-0.2, -0.15) is 0 Å². The lowest BCUT2D eigenvalue weighted by Gasteiger charge is -2.26. The summed E-state index contributed by atoms with van der Waals surface area (Å²) in [5.74, 6) is 0.130. The highest BCUT2D eigenvalue weighted by atomic mass is 32.2. The molecule has 0 unspecified atom stereocenters. The second-order valence-corrected chi connectivity index (χ2v) is 8.08. The van der Waals surface area contributed by atoms with Crippen molar-refractivity contribution >= 4 is 23.7 Å². The highest BCUT2D eigenvalue weighted by molar-refractivity contribution is 7.98. The number of rotatable bonds is 6. The highest BCUT2D eigenvalue weighted by Crippen LogP contribution is 2.29. The summed E-state index contributed by atoms with van der Waals surface area (Å²) in [6, 6.07) is 8.77. The summed E-state index contributed by atoms with van der Waals surface area (Å²) in [7, 11) is 0. The van der Waals surface area contributed by atoms with Gasteiger partial charge in [0.15, 0.2) is 0 Å². The first kappa shape index (κ1) is 18.1. The van der Waals surface area contributed by atoms with E-state index in [1.165, 1.54) is 4.90 Å². The molecular weight excluding hydrogens is 334 g/mol. The largest absolute Gasteiger partial charge is 0.338 e. The Morgan fingerprint density at radius 2 is 2.00 bits per heavy atom. The summed E-state index contributed by atoms with van der Waals surface area (Å²) in [5, 5.41) is 3.08. The third-order valence-corrected chi connectivity index (χ3v) is 5.61. The number of hydrogen-bond acceptors (Lipinski definition) is 3. The van der Waals surface area contributed by atoms with E-state index in [9.17, 15) is 9.59 Å². The number of amides is 3. The lowest BCUT2D eigenvalue weighted by molar-refractivity contribution is -0.129. The van der Waals surface area contributed by atoms with Gasteiger partial charge in [0.05, 0.1) is 6.04 Å². The minimum absolute atomic E-state index is 0.0418. The van der Waals surface area contributed by atoms with Gasteiger partial charge in [-0.15, -0.1) is 11.8 Å². The molecule has 3 amide bonds. The molecule has 2 fully saturated rings. The van der Waals surface area contributed by atoms with Crippen LogP contribution < -0.4 is 5.32 Å². The maximum absolute atomic E-state index is 12.8. The summed E-state index contributed by atoms with van der Waals surface area (Å²) in [4.78, 5) is 29.8. The van der Waals surface area contributed by atoms with Gasteiger partial charge < -0.3 is 15.1 Å². The van der Waals surface area contributed by atoms with Gasteiger partial charge in [-0.05, 0) is 50.6 Å². The molecule has 0 spiro atoms. The normalized spacial score (nSPS) is 20.2. The zero-order chi connectivity index (χ0) is 18.0. The quantitative estimate of drug-likeness (QED) is 0.792. The summed E-state index contributed by atoms with van der Waals surface area (Å²) in [5.41, 5.74) is 1.14. The van der Waals surface area contributed by atoms with Crippen LogP contribution in [0.1, 0.15) is 38.7 Å². The molecule has 6 heteroatoms. The average Bonchev–Trinajstić information content (AvgIpc) is 3.36. The lowest BCUT2D eigenvalue weighted by Crippen LogP contribution is -2.46. The molecule has 5 nitrogen and oxygen atoms in total. The van der Waals surface area contributed by atoms with Crippen molar-refractivity contribution in [3.8, 4) is 0 Å². The Morgan fingerprint density at radius 1 is 1.32 bits per heavy atom. The molecule has 1 saturated heterocycles. The van der Waals surface area contributed by atoms with Gasteiger partial charge in [0.2, 0.25) is 5.91 Å². The SMILES string of the molecule is CSc1ccc(CN(C(=O)N[C@H]2CC(=O)N(C(C)C)C2)C2CC2)cc1. The van der Waals surface area contributed by atoms with Gasteiger partial charge in [0.1, 0.15) is 0 Å². The molecule has 0 aromatic heterocycles. The number of thioether (sulfide) groups is 1. The van der Waals surface area contributed by atoms with E-state index < -0.39 is 0 Å². The number of nitrogens with one attached hydrogen (secondary N) is 1. The Balaban J connectivity index is 1.60. The van der Waals surface area contributed by atoms with E-state index in [0.717, 1.165) is 18.4 Å². The van der Waals surface area contributed by atoms with Crippen molar-refractivity contribution < 1.29 is 9.59 Å². The maximum atomic E-state index is 12.8. The Labute approximate surface area is 154 Å². The van der Waals surface area contributed by atoms with Gasteiger partial charge in [-0.3, -0.25) is 4.79 Å². The molecule has 1 aromatic rings. The Bertz CT molecular complexity index is 628. The van der Waals surface area contributed by atoms with Crippen LogP contribution in [-0.4, -0.2) is 52.7 Å². The van der Waals surface area contributed by atoms with Crippen molar-refractivity contribution in [1.82, 2.24) is 15.1 Å². The number of hydrogen-bond donors (Lipinski definition) is 1. The van der Waals surface area contributed by atoms with E-state index in [4.69, 9.17) is 0 Å². The zero-order valence-electron chi connectivity index (χ0n) is 15.2. The minimum atomic E-state index is -0.0810. The van der Waals surface area contributed by atoms with Gasteiger partial charge in [0.25, 0.3) is 0 Å². The highest BCUT2D eigenvalue weighted by Gasteiger charge is 2.36. The van der Waals surface area contributed by atoms with Gasteiger partial charge in [-0.1, -0.05) is 12.1 Å². The first-order valence-electron chi connectivity index (χ1n) is 8.97. The summed E-state index contributed by atoms with van der Waals surface area (Å²) in [6.45, 7) is 5.26. The van der Waals surface area contributed by atoms with Crippen LogP contribution in [0.4, 0.5) is 4.79 Å². The predicted octanol–water partition coefficient (Wildman–Crippen LogP) is 3.09. The molecule has 1 heterocycles. The molecule has 0 bridgehead atoms. The molecule has 2 aliphatic rings. The van der Waals surface area contributed by atoms with Crippen LogP contribution in [0.5, 0.6) is 0 Å². The van der Waals surface area contributed by atoms with Gasteiger partial charge >= 0.3 is 6.03 Å². The maximum Gasteiger partial charge on any atom is 0.318 e. The van der Waals surface area contributed by atoms with Crippen LogP contribution >= 0.6 is 11.8 Å². The minimum Gasteiger partial charge on any atom is -0.338 e. The monoisotopic (exact) mass is 361 g/mol. The molecule has 25 heavy (non-hydrogen) atoms. The standard InChI is InChI=1S/C19H27N3O2S/c1-13(2)21-12-15(10-18(21)23)20-19(24)22(16-6-7-16)11-14-4-8-17(25-3)9-5-14/h4-5,8-9,13,15-16H,6-7,10-12H2,1-3H3,(H,20,24)/t15-/m0/s1. The topological polar surface area (TPSA) is 52.7 Å². The zero-order valence-corrected chi connectivity index (χ0v) is 16.0. The molecule has 1 atom stereocenters. The Kier molecular flexibility index (Phi) is 5.57. The average molecular weight is 362 g/mol. The fourth-order valence-corrected chi connectivity index (χ4v) is 3.67. The van der Waals surface area contributed by atoms with E-state index in [1.54, 1.807) is 11.8 Å². The lowest BCUT2D eigenvalue weighted by atomic mass is 10.2. The van der Waals surface area contributed by atoms with Crippen LogP contribution in [0, 0.1) is 0 Å². The van der Waals surface area contributed by atoms with Crippen LogP contribution in [-0.2, 0) is 11.3 Å². The van der Waals surface area contributed by atoms with E-state index in [-0.39, 0.29) is 24.0 Å². The number of carbonyl (C=O) groups excluding carboxylic acids is 2. The summed E-state index contributed by atoms with van der Waals surface area (Å²) >= 11 is 1.72. The van der Waals surface area contributed by atoms with Crippen molar-refractivity contribution in [1.29, 1.82) is 0 Å². The van der Waals surface area contributed by atoms with Crippen molar-refractivity contribution in [2.45, 2.75) is 62.7 Å². The first-order valence-corrected chi connectivity index (χ1v) is 10.2. The first-order chi connectivity index (χ1) is 12.0. The number of benzene rings is 1.